The van der Waals surface area contributed by atoms with Gasteiger partial charge in [-0.3, -0.25) is 19.3 Å². The number of carbonyl (C=O) groups excluding carboxylic acids is 3. The maximum atomic E-state index is 13.7. The summed E-state index contributed by atoms with van der Waals surface area (Å²) in [5.74, 6) is -5.06. The highest BCUT2D eigenvalue weighted by atomic mass is 19.2. The molecule has 1 aliphatic heterocycles. The van der Waals surface area contributed by atoms with Crippen LogP contribution in [0.25, 0.3) is 0 Å². The molecule has 8 heteroatoms. The normalized spacial score (nSPS) is 13.2. The van der Waals surface area contributed by atoms with Crippen LogP contribution >= 0.6 is 0 Å². The summed E-state index contributed by atoms with van der Waals surface area (Å²) < 4.78 is 39.6. The highest BCUT2D eigenvalue weighted by Gasteiger charge is 2.37. The van der Waals surface area contributed by atoms with Crippen LogP contribution in [0.1, 0.15) is 27.1 Å². The number of carbonyl (C=O) groups is 3. The molecule has 1 N–H and O–H groups in total. The van der Waals surface area contributed by atoms with Crippen LogP contribution in [0.15, 0.2) is 36.4 Å². The molecule has 3 rings (SSSR count). The number of halogens is 3. The van der Waals surface area contributed by atoms with E-state index >= 15 is 0 Å². The predicted molar refractivity (Wildman–Crippen MR) is 81.4 cm³/mol. The number of hydrogen-bond donors (Lipinski definition) is 1. The SMILES string of the molecule is O=C(CCN1C(=O)c2cccc(F)c2C1=O)Nc1ccc(F)c(F)c1. The van der Waals surface area contributed by atoms with Gasteiger partial charge >= 0.3 is 0 Å². The lowest BCUT2D eigenvalue weighted by atomic mass is 10.1. The zero-order valence-corrected chi connectivity index (χ0v) is 12.7. The number of nitrogens with one attached hydrogen (secondary N) is 1. The molecular formula is C17H11F3N2O3. The van der Waals surface area contributed by atoms with E-state index in [4.69, 9.17) is 0 Å². The number of amides is 3. The fourth-order valence-corrected chi connectivity index (χ4v) is 2.51. The Bertz CT molecular complexity index is 899. The number of anilines is 1. The molecule has 0 aliphatic carbocycles. The summed E-state index contributed by atoms with van der Waals surface area (Å²) in [6, 6.07) is 6.57. The molecule has 2 aromatic carbocycles. The van der Waals surface area contributed by atoms with Gasteiger partial charge in [-0.1, -0.05) is 6.07 Å². The molecule has 128 valence electrons. The number of imide groups is 1. The van der Waals surface area contributed by atoms with Crippen LogP contribution in [0.5, 0.6) is 0 Å². The van der Waals surface area contributed by atoms with Crippen molar-refractivity contribution in [2.45, 2.75) is 6.42 Å². The second-order valence-electron chi connectivity index (χ2n) is 5.35. The van der Waals surface area contributed by atoms with Crippen LogP contribution < -0.4 is 5.32 Å². The molecule has 0 saturated heterocycles. The van der Waals surface area contributed by atoms with Gasteiger partial charge < -0.3 is 5.32 Å². The first-order chi connectivity index (χ1) is 11.9. The van der Waals surface area contributed by atoms with E-state index in [1.54, 1.807) is 0 Å². The molecule has 0 radical (unpaired) electrons. The van der Waals surface area contributed by atoms with E-state index < -0.39 is 35.2 Å². The molecular weight excluding hydrogens is 337 g/mol. The van der Waals surface area contributed by atoms with E-state index in [-0.39, 0.29) is 29.8 Å². The highest BCUT2D eigenvalue weighted by molar-refractivity contribution is 6.21. The van der Waals surface area contributed by atoms with Crippen molar-refractivity contribution >= 4 is 23.4 Å². The molecule has 3 amide bonds. The van der Waals surface area contributed by atoms with E-state index in [0.29, 0.717) is 0 Å². The molecule has 0 atom stereocenters. The zero-order valence-electron chi connectivity index (χ0n) is 12.7. The molecule has 25 heavy (non-hydrogen) atoms. The van der Waals surface area contributed by atoms with E-state index in [0.717, 1.165) is 23.1 Å². The lowest BCUT2D eigenvalue weighted by Crippen LogP contribution is -2.33. The third kappa shape index (κ3) is 3.10. The third-order valence-corrected chi connectivity index (χ3v) is 3.71. The molecule has 0 fully saturated rings. The Hall–Kier alpha value is -3.16. The predicted octanol–water partition coefficient (Wildman–Crippen LogP) is 2.73. The lowest BCUT2D eigenvalue weighted by Gasteiger charge is -2.13. The van der Waals surface area contributed by atoms with Gasteiger partial charge in [-0.15, -0.1) is 0 Å². The maximum absolute atomic E-state index is 13.7. The third-order valence-electron chi connectivity index (χ3n) is 3.71. The van der Waals surface area contributed by atoms with Crippen LogP contribution in [0.4, 0.5) is 18.9 Å². The monoisotopic (exact) mass is 348 g/mol. The van der Waals surface area contributed by atoms with Gasteiger partial charge in [-0.05, 0) is 24.3 Å². The van der Waals surface area contributed by atoms with E-state index in [1.165, 1.54) is 18.2 Å². The van der Waals surface area contributed by atoms with Crippen LogP contribution in [-0.4, -0.2) is 29.2 Å². The second kappa shape index (κ2) is 6.39. The first-order valence-corrected chi connectivity index (χ1v) is 7.28. The summed E-state index contributed by atoms with van der Waals surface area (Å²) in [5.41, 5.74) is -0.322. The zero-order chi connectivity index (χ0) is 18.1. The Labute approximate surface area is 140 Å². The van der Waals surface area contributed by atoms with Crippen molar-refractivity contribution in [3.8, 4) is 0 Å². The van der Waals surface area contributed by atoms with Crippen LogP contribution in [0.2, 0.25) is 0 Å². The van der Waals surface area contributed by atoms with Crippen molar-refractivity contribution in [3.63, 3.8) is 0 Å². The number of hydrogen-bond acceptors (Lipinski definition) is 3. The fourth-order valence-electron chi connectivity index (χ4n) is 2.51. The Morgan fingerprint density at radius 1 is 0.960 bits per heavy atom. The Kier molecular flexibility index (Phi) is 4.26. The summed E-state index contributed by atoms with van der Waals surface area (Å²) in [7, 11) is 0. The average molecular weight is 348 g/mol. The van der Waals surface area contributed by atoms with E-state index in [2.05, 4.69) is 5.32 Å². The van der Waals surface area contributed by atoms with Gasteiger partial charge in [0.2, 0.25) is 5.91 Å². The van der Waals surface area contributed by atoms with Gasteiger partial charge in [-0.25, -0.2) is 13.2 Å². The van der Waals surface area contributed by atoms with Crippen LogP contribution in [0, 0.1) is 17.5 Å². The Balaban J connectivity index is 1.65. The summed E-state index contributed by atoms with van der Waals surface area (Å²) in [5, 5.41) is 2.33. The van der Waals surface area contributed by atoms with Gasteiger partial charge in [-0.2, -0.15) is 0 Å². The topological polar surface area (TPSA) is 66.5 Å². The highest BCUT2D eigenvalue weighted by Crippen LogP contribution is 2.25. The minimum absolute atomic E-state index is 0.0392. The number of fused-ring (bicyclic) bond motifs is 1. The fraction of sp³-hybridized carbons (Fsp3) is 0.118. The molecule has 0 saturated carbocycles. The van der Waals surface area contributed by atoms with Crippen molar-refractivity contribution in [3.05, 3.63) is 65.0 Å². The molecule has 1 heterocycles. The summed E-state index contributed by atoms with van der Waals surface area (Å²) >= 11 is 0. The summed E-state index contributed by atoms with van der Waals surface area (Å²) in [6.45, 7) is -0.263. The van der Waals surface area contributed by atoms with Gasteiger partial charge in [0, 0.05) is 24.7 Å². The standard InChI is InChI=1S/C17H11F3N2O3/c18-11-5-4-9(8-13(11)20)21-14(23)6-7-22-16(24)10-2-1-3-12(19)15(10)17(22)25/h1-5,8H,6-7H2,(H,21,23). The van der Waals surface area contributed by atoms with Crippen molar-refractivity contribution in [1.29, 1.82) is 0 Å². The Morgan fingerprint density at radius 3 is 2.40 bits per heavy atom. The summed E-state index contributed by atoms with van der Waals surface area (Å²) in [4.78, 5) is 36.9. The molecule has 2 aromatic rings. The summed E-state index contributed by atoms with van der Waals surface area (Å²) in [6.07, 6.45) is -0.272. The minimum atomic E-state index is -1.12. The maximum Gasteiger partial charge on any atom is 0.264 e. The largest absolute Gasteiger partial charge is 0.326 e. The number of rotatable bonds is 4. The van der Waals surface area contributed by atoms with Gasteiger partial charge in [0.05, 0.1) is 11.1 Å². The lowest BCUT2D eigenvalue weighted by molar-refractivity contribution is -0.116. The first kappa shape index (κ1) is 16.7. The number of benzene rings is 2. The number of nitrogens with zero attached hydrogens (tertiary/aromatic N) is 1. The average Bonchev–Trinajstić information content (AvgIpc) is 2.81. The minimum Gasteiger partial charge on any atom is -0.326 e. The molecule has 0 aromatic heterocycles. The van der Waals surface area contributed by atoms with Crippen LogP contribution in [0.3, 0.4) is 0 Å². The van der Waals surface area contributed by atoms with Gasteiger partial charge in [0.1, 0.15) is 5.82 Å². The van der Waals surface area contributed by atoms with E-state index in [1.807, 2.05) is 0 Å². The molecule has 0 bridgehead atoms. The second-order valence-corrected chi connectivity index (χ2v) is 5.35. The van der Waals surface area contributed by atoms with Crippen LogP contribution in [-0.2, 0) is 4.79 Å². The molecule has 1 aliphatic rings. The quantitative estimate of drug-likeness (QED) is 0.864. The van der Waals surface area contributed by atoms with Gasteiger partial charge in [0.25, 0.3) is 11.8 Å². The molecule has 5 nitrogen and oxygen atoms in total. The van der Waals surface area contributed by atoms with E-state index in [9.17, 15) is 27.6 Å². The Morgan fingerprint density at radius 2 is 1.72 bits per heavy atom. The van der Waals surface area contributed by atoms with Crippen molar-refractivity contribution in [2.75, 3.05) is 11.9 Å². The smallest absolute Gasteiger partial charge is 0.264 e. The molecule has 0 unspecified atom stereocenters. The first-order valence-electron chi connectivity index (χ1n) is 7.28. The van der Waals surface area contributed by atoms with Gasteiger partial charge in [0.15, 0.2) is 11.6 Å². The van der Waals surface area contributed by atoms with Crippen molar-refractivity contribution in [2.24, 2.45) is 0 Å². The molecule has 0 spiro atoms. The van der Waals surface area contributed by atoms with Crippen molar-refractivity contribution in [1.82, 2.24) is 4.90 Å². The van der Waals surface area contributed by atoms with Crippen molar-refractivity contribution < 1.29 is 27.6 Å².